The monoisotopic (exact) mass is 281 g/mol. The summed E-state index contributed by atoms with van der Waals surface area (Å²) >= 11 is 1.98. The van der Waals surface area contributed by atoms with Crippen LogP contribution in [0, 0.1) is 0 Å². The van der Waals surface area contributed by atoms with E-state index in [4.69, 9.17) is 9.47 Å². The molecule has 1 aromatic carbocycles. The lowest BCUT2D eigenvalue weighted by Crippen LogP contribution is -2.33. The Morgan fingerprint density at radius 3 is 2.79 bits per heavy atom. The Bertz CT molecular complexity index is 411. The third-order valence-corrected chi connectivity index (χ3v) is 4.97. The first kappa shape index (κ1) is 14.5. The minimum atomic E-state index is 0.627. The highest BCUT2D eigenvalue weighted by atomic mass is 32.2. The van der Waals surface area contributed by atoms with E-state index in [1.54, 1.807) is 14.2 Å². The van der Waals surface area contributed by atoms with Crippen molar-refractivity contribution in [2.45, 2.75) is 37.1 Å². The van der Waals surface area contributed by atoms with Gasteiger partial charge in [0.05, 0.1) is 14.2 Å². The van der Waals surface area contributed by atoms with Gasteiger partial charge in [0.25, 0.3) is 0 Å². The zero-order chi connectivity index (χ0) is 13.7. The standard InChI is InChI=1S/C15H23NO2S/c1-17-12-8-7-11(14(9-12)18-2)10-16-13-5-4-6-15(13)19-3/h7-9,13,15-16H,4-6,10H2,1-3H3. The van der Waals surface area contributed by atoms with Gasteiger partial charge in [-0.05, 0) is 25.2 Å². The van der Waals surface area contributed by atoms with Crippen LogP contribution in [0.15, 0.2) is 18.2 Å². The van der Waals surface area contributed by atoms with Gasteiger partial charge in [-0.3, -0.25) is 0 Å². The Hall–Kier alpha value is -0.870. The fourth-order valence-corrected chi connectivity index (χ4v) is 3.64. The van der Waals surface area contributed by atoms with Gasteiger partial charge in [0.1, 0.15) is 11.5 Å². The summed E-state index contributed by atoms with van der Waals surface area (Å²) in [5, 5.41) is 4.42. The van der Waals surface area contributed by atoms with Crippen molar-refractivity contribution < 1.29 is 9.47 Å². The van der Waals surface area contributed by atoms with Crippen molar-refractivity contribution in [3.63, 3.8) is 0 Å². The maximum Gasteiger partial charge on any atom is 0.127 e. The molecule has 0 aromatic heterocycles. The molecule has 0 heterocycles. The Labute approximate surface area is 120 Å². The Morgan fingerprint density at radius 2 is 2.11 bits per heavy atom. The quantitative estimate of drug-likeness (QED) is 0.868. The second-order valence-electron chi connectivity index (χ2n) is 4.87. The molecule has 2 rings (SSSR count). The molecule has 19 heavy (non-hydrogen) atoms. The molecule has 0 aliphatic heterocycles. The molecule has 3 nitrogen and oxygen atoms in total. The molecule has 0 saturated heterocycles. The van der Waals surface area contributed by atoms with E-state index in [0.29, 0.717) is 6.04 Å². The van der Waals surface area contributed by atoms with Crippen molar-refractivity contribution >= 4 is 11.8 Å². The third kappa shape index (κ3) is 3.57. The highest BCUT2D eigenvalue weighted by Crippen LogP contribution is 2.29. The number of hydrogen-bond acceptors (Lipinski definition) is 4. The Balaban J connectivity index is 1.99. The summed E-state index contributed by atoms with van der Waals surface area (Å²) in [5.41, 5.74) is 1.19. The van der Waals surface area contributed by atoms with Crippen LogP contribution in [-0.4, -0.2) is 31.8 Å². The summed E-state index contributed by atoms with van der Waals surface area (Å²) in [6.45, 7) is 0.856. The number of nitrogens with one attached hydrogen (secondary N) is 1. The van der Waals surface area contributed by atoms with Crippen LogP contribution in [0.4, 0.5) is 0 Å². The molecule has 4 heteroatoms. The lowest BCUT2D eigenvalue weighted by molar-refractivity contribution is 0.388. The minimum Gasteiger partial charge on any atom is -0.497 e. The van der Waals surface area contributed by atoms with Crippen molar-refractivity contribution in [2.75, 3.05) is 20.5 Å². The van der Waals surface area contributed by atoms with Crippen molar-refractivity contribution in [3.05, 3.63) is 23.8 Å². The average molecular weight is 281 g/mol. The van der Waals surface area contributed by atoms with Crippen molar-refractivity contribution in [1.29, 1.82) is 0 Å². The molecule has 0 radical (unpaired) electrons. The van der Waals surface area contributed by atoms with Crippen molar-refractivity contribution in [2.24, 2.45) is 0 Å². The molecule has 1 aromatic rings. The predicted molar refractivity (Wildman–Crippen MR) is 81.3 cm³/mol. The number of ether oxygens (including phenoxy) is 2. The van der Waals surface area contributed by atoms with Gasteiger partial charge in [-0.15, -0.1) is 0 Å². The van der Waals surface area contributed by atoms with E-state index in [-0.39, 0.29) is 0 Å². The number of hydrogen-bond donors (Lipinski definition) is 1. The van der Waals surface area contributed by atoms with E-state index >= 15 is 0 Å². The molecular weight excluding hydrogens is 258 g/mol. The van der Waals surface area contributed by atoms with Gasteiger partial charge >= 0.3 is 0 Å². The maximum atomic E-state index is 5.43. The maximum absolute atomic E-state index is 5.43. The van der Waals surface area contributed by atoms with Crippen LogP contribution in [0.1, 0.15) is 24.8 Å². The van der Waals surface area contributed by atoms with Crippen LogP contribution in [0.25, 0.3) is 0 Å². The molecule has 1 aliphatic rings. The molecular formula is C15H23NO2S. The zero-order valence-corrected chi connectivity index (χ0v) is 12.8. The second-order valence-corrected chi connectivity index (χ2v) is 5.95. The molecule has 1 saturated carbocycles. The SMILES string of the molecule is COc1ccc(CNC2CCCC2SC)c(OC)c1. The summed E-state index contributed by atoms with van der Waals surface area (Å²) in [7, 11) is 3.38. The first-order valence-electron chi connectivity index (χ1n) is 6.75. The van der Waals surface area contributed by atoms with Gasteiger partial charge in [0, 0.05) is 29.5 Å². The number of rotatable bonds is 6. The van der Waals surface area contributed by atoms with Gasteiger partial charge in [0.2, 0.25) is 0 Å². The van der Waals surface area contributed by atoms with E-state index < -0.39 is 0 Å². The molecule has 1 fully saturated rings. The number of methoxy groups -OCH3 is 2. The topological polar surface area (TPSA) is 30.5 Å². The third-order valence-electron chi connectivity index (χ3n) is 3.80. The lowest BCUT2D eigenvalue weighted by Gasteiger charge is -2.20. The Kier molecular flexibility index (Phi) is 5.40. The predicted octanol–water partition coefficient (Wildman–Crippen LogP) is 3.08. The lowest BCUT2D eigenvalue weighted by atomic mass is 10.1. The summed E-state index contributed by atoms with van der Waals surface area (Å²) in [5.74, 6) is 1.73. The second kappa shape index (κ2) is 7.06. The fourth-order valence-electron chi connectivity index (χ4n) is 2.68. The van der Waals surface area contributed by atoms with Crippen LogP contribution >= 0.6 is 11.8 Å². The van der Waals surface area contributed by atoms with Gasteiger partial charge < -0.3 is 14.8 Å². The van der Waals surface area contributed by atoms with Crippen molar-refractivity contribution in [1.82, 2.24) is 5.32 Å². The highest BCUT2D eigenvalue weighted by molar-refractivity contribution is 7.99. The first-order valence-corrected chi connectivity index (χ1v) is 8.04. The van der Waals surface area contributed by atoms with E-state index in [1.807, 2.05) is 23.9 Å². The summed E-state index contributed by atoms with van der Waals surface area (Å²) in [6.07, 6.45) is 6.16. The van der Waals surface area contributed by atoms with Gasteiger partial charge in [-0.1, -0.05) is 12.5 Å². The van der Waals surface area contributed by atoms with Gasteiger partial charge in [-0.2, -0.15) is 11.8 Å². The highest BCUT2D eigenvalue weighted by Gasteiger charge is 2.25. The summed E-state index contributed by atoms with van der Waals surface area (Å²) < 4.78 is 10.7. The van der Waals surface area contributed by atoms with Crippen LogP contribution < -0.4 is 14.8 Å². The van der Waals surface area contributed by atoms with Crippen LogP contribution in [-0.2, 0) is 6.54 Å². The molecule has 106 valence electrons. The van der Waals surface area contributed by atoms with Crippen LogP contribution in [0.5, 0.6) is 11.5 Å². The van der Waals surface area contributed by atoms with E-state index in [1.165, 1.54) is 24.8 Å². The summed E-state index contributed by atoms with van der Waals surface area (Å²) in [6, 6.07) is 6.63. The minimum absolute atomic E-state index is 0.627. The average Bonchev–Trinajstić information content (AvgIpc) is 2.92. The van der Waals surface area contributed by atoms with E-state index in [2.05, 4.69) is 17.6 Å². The first-order chi connectivity index (χ1) is 9.28. The molecule has 0 spiro atoms. The number of benzene rings is 1. The van der Waals surface area contributed by atoms with E-state index in [0.717, 1.165) is 23.3 Å². The zero-order valence-electron chi connectivity index (χ0n) is 11.9. The summed E-state index contributed by atoms with van der Waals surface area (Å²) in [4.78, 5) is 0. The van der Waals surface area contributed by atoms with Crippen LogP contribution in [0.3, 0.4) is 0 Å². The normalized spacial score (nSPS) is 22.5. The number of thioether (sulfide) groups is 1. The molecule has 1 N–H and O–H groups in total. The fraction of sp³-hybridized carbons (Fsp3) is 0.600. The largest absolute Gasteiger partial charge is 0.497 e. The van der Waals surface area contributed by atoms with Crippen LogP contribution in [0.2, 0.25) is 0 Å². The molecule has 1 aliphatic carbocycles. The molecule has 0 amide bonds. The van der Waals surface area contributed by atoms with Gasteiger partial charge in [0.15, 0.2) is 0 Å². The Morgan fingerprint density at radius 1 is 1.26 bits per heavy atom. The molecule has 2 unspecified atom stereocenters. The molecule has 2 atom stereocenters. The van der Waals surface area contributed by atoms with Crippen molar-refractivity contribution in [3.8, 4) is 11.5 Å². The van der Waals surface area contributed by atoms with Gasteiger partial charge in [-0.25, -0.2) is 0 Å². The molecule has 0 bridgehead atoms. The van der Waals surface area contributed by atoms with E-state index in [9.17, 15) is 0 Å². The smallest absolute Gasteiger partial charge is 0.127 e.